The summed E-state index contributed by atoms with van der Waals surface area (Å²) >= 11 is 0. The Kier molecular flexibility index (Phi) is 5.80. The fraction of sp³-hybridized carbons (Fsp3) is 0.310. The summed E-state index contributed by atoms with van der Waals surface area (Å²) < 4.78 is 0. The molecule has 0 saturated carbocycles. The standard InChI is InChI=1S/C29H30N2/c1-19-16-24(22-12-8-20(17-30)9-13-22)26(28(2,3)4)27(29(5,6)7)25(19)23-14-10-21(18-31)11-15-23/h8-16H,1-7H3. The van der Waals surface area contributed by atoms with Gasteiger partial charge in [0.15, 0.2) is 0 Å². The van der Waals surface area contributed by atoms with E-state index in [1.54, 1.807) is 0 Å². The van der Waals surface area contributed by atoms with Gasteiger partial charge in [-0.2, -0.15) is 10.5 Å². The lowest BCUT2D eigenvalue weighted by atomic mass is 9.68. The second-order valence-electron chi connectivity index (χ2n) is 10.2. The average molecular weight is 407 g/mol. The molecule has 0 fully saturated rings. The number of hydrogen-bond donors (Lipinski definition) is 0. The number of hydrogen-bond acceptors (Lipinski definition) is 2. The fourth-order valence-corrected chi connectivity index (χ4v) is 4.38. The van der Waals surface area contributed by atoms with E-state index in [1.165, 1.54) is 27.8 Å². The molecule has 0 saturated heterocycles. The topological polar surface area (TPSA) is 47.6 Å². The van der Waals surface area contributed by atoms with Crippen molar-refractivity contribution in [3.05, 3.63) is 82.4 Å². The van der Waals surface area contributed by atoms with Crippen LogP contribution in [0.25, 0.3) is 22.3 Å². The second-order valence-corrected chi connectivity index (χ2v) is 10.2. The van der Waals surface area contributed by atoms with E-state index in [1.807, 2.05) is 24.3 Å². The summed E-state index contributed by atoms with van der Waals surface area (Å²) in [5.74, 6) is 0. The van der Waals surface area contributed by atoms with Crippen LogP contribution in [0, 0.1) is 29.6 Å². The molecule has 31 heavy (non-hydrogen) atoms. The number of benzene rings is 3. The van der Waals surface area contributed by atoms with E-state index >= 15 is 0 Å². The maximum atomic E-state index is 9.22. The Labute approximate surface area is 186 Å². The lowest BCUT2D eigenvalue weighted by Crippen LogP contribution is -2.25. The second kappa shape index (κ2) is 8.05. The van der Waals surface area contributed by atoms with Gasteiger partial charge < -0.3 is 0 Å². The molecule has 3 rings (SSSR count). The quantitative estimate of drug-likeness (QED) is 0.438. The Hall–Kier alpha value is -3.36. The molecule has 0 aromatic heterocycles. The van der Waals surface area contributed by atoms with Crippen molar-refractivity contribution in [2.75, 3.05) is 0 Å². The highest BCUT2D eigenvalue weighted by Crippen LogP contribution is 2.46. The first kappa shape index (κ1) is 22.3. The fourth-order valence-electron chi connectivity index (χ4n) is 4.38. The van der Waals surface area contributed by atoms with Gasteiger partial charge in [0.05, 0.1) is 23.3 Å². The van der Waals surface area contributed by atoms with Gasteiger partial charge in [-0.25, -0.2) is 0 Å². The Balaban J connectivity index is 2.44. The van der Waals surface area contributed by atoms with E-state index < -0.39 is 0 Å². The average Bonchev–Trinajstić information content (AvgIpc) is 2.71. The van der Waals surface area contributed by atoms with Crippen LogP contribution in [0.5, 0.6) is 0 Å². The van der Waals surface area contributed by atoms with Crippen molar-refractivity contribution in [2.45, 2.75) is 59.3 Å². The molecular formula is C29H30N2. The molecule has 0 aliphatic carbocycles. The smallest absolute Gasteiger partial charge is 0.0991 e. The molecule has 0 radical (unpaired) electrons. The van der Waals surface area contributed by atoms with Gasteiger partial charge in [0.2, 0.25) is 0 Å². The van der Waals surface area contributed by atoms with Crippen LogP contribution >= 0.6 is 0 Å². The Morgan fingerprint density at radius 2 is 1.03 bits per heavy atom. The zero-order valence-electron chi connectivity index (χ0n) is 19.6. The van der Waals surface area contributed by atoms with Crippen molar-refractivity contribution in [1.29, 1.82) is 10.5 Å². The summed E-state index contributed by atoms with van der Waals surface area (Å²) in [6, 6.07) is 22.5. The molecule has 0 aliphatic heterocycles. The molecule has 2 heteroatoms. The van der Waals surface area contributed by atoms with Crippen LogP contribution in [0.4, 0.5) is 0 Å². The highest BCUT2D eigenvalue weighted by atomic mass is 14.4. The third kappa shape index (κ3) is 4.40. The molecule has 0 heterocycles. The first-order chi connectivity index (χ1) is 14.5. The molecule has 156 valence electrons. The normalized spacial score (nSPS) is 11.6. The molecule has 0 spiro atoms. The number of aryl methyl sites for hydroxylation is 1. The van der Waals surface area contributed by atoms with Crippen LogP contribution in [-0.4, -0.2) is 0 Å². The van der Waals surface area contributed by atoms with Crippen molar-refractivity contribution in [2.24, 2.45) is 0 Å². The van der Waals surface area contributed by atoms with E-state index in [9.17, 15) is 10.5 Å². The van der Waals surface area contributed by atoms with E-state index in [0.29, 0.717) is 11.1 Å². The van der Waals surface area contributed by atoms with Gasteiger partial charge in [-0.05, 0) is 81.0 Å². The van der Waals surface area contributed by atoms with Crippen LogP contribution in [0.2, 0.25) is 0 Å². The molecule has 3 aromatic carbocycles. The zero-order valence-corrected chi connectivity index (χ0v) is 19.6. The summed E-state index contributed by atoms with van der Waals surface area (Å²) in [4.78, 5) is 0. The Morgan fingerprint density at radius 1 is 0.613 bits per heavy atom. The highest BCUT2D eigenvalue weighted by Gasteiger charge is 2.32. The molecule has 0 amide bonds. The molecule has 0 N–H and O–H groups in total. The molecule has 0 atom stereocenters. The Bertz CT molecular complexity index is 1190. The van der Waals surface area contributed by atoms with Crippen molar-refractivity contribution in [1.82, 2.24) is 0 Å². The Morgan fingerprint density at radius 3 is 1.42 bits per heavy atom. The van der Waals surface area contributed by atoms with Gasteiger partial charge in [-0.1, -0.05) is 71.9 Å². The predicted molar refractivity (Wildman–Crippen MR) is 129 cm³/mol. The van der Waals surface area contributed by atoms with Crippen LogP contribution < -0.4 is 0 Å². The van der Waals surface area contributed by atoms with E-state index in [-0.39, 0.29) is 10.8 Å². The van der Waals surface area contributed by atoms with Gasteiger partial charge in [0, 0.05) is 0 Å². The minimum atomic E-state index is -0.0841. The summed E-state index contributed by atoms with van der Waals surface area (Å²) in [7, 11) is 0. The largest absolute Gasteiger partial charge is 0.192 e. The maximum absolute atomic E-state index is 9.22. The van der Waals surface area contributed by atoms with E-state index in [2.05, 4.69) is 90.9 Å². The predicted octanol–water partition coefficient (Wildman–Crippen LogP) is 7.67. The van der Waals surface area contributed by atoms with Crippen LogP contribution in [0.3, 0.4) is 0 Å². The zero-order chi connectivity index (χ0) is 23.0. The summed E-state index contributed by atoms with van der Waals surface area (Å²) in [5, 5.41) is 18.4. The van der Waals surface area contributed by atoms with Gasteiger partial charge in [0.1, 0.15) is 0 Å². The van der Waals surface area contributed by atoms with Crippen LogP contribution in [0.15, 0.2) is 54.6 Å². The van der Waals surface area contributed by atoms with Crippen molar-refractivity contribution in [3.8, 4) is 34.4 Å². The van der Waals surface area contributed by atoms with Gasteiger partial charge in [-0.3, -0.25) is 0 Å². The molecule has 2 nitrogen and oxygen atoms in total. The lowest BCUT2D eigenvalue weighted by molar-refractivity contribution is 0.532. The first-order valence-corrected chi connectivity index (χ1v) is 10.7. The van der Waals surface area contributed by atoms with Gasteiger partial charge in [0.25, 0.3) is 0 Å². The maximum Gasteiger partial charge on any atom is 0.0991 e. The molecule has 0 bridgehead atoms. The lowest BCUT2D eigenvalue weighted by Gasteiger charge is -2.36. The minimum Gasteiger partial charge on any atom is -0.192 e. The summed E-state index contributed by atoms with van der Waals surface area (Å²) in [6.45, 7) is 15.8. The van der Waals surface area contributed by atoms with Crippen LogP contribution in [0.1, 0.15) is 69.4 Å². The van der Waals surface area contributed by atoms with E-state index in [0.717, 1.165) is 11.1 Å². The molecule has 0 aliphatic rings. The monoisotopic (exact) mass is 406 g/mol. The molecule has 0 unspecified atom stereocenters. The summed E-state index contributed by atoms with van der Waals surface area (Å²) in [6.07, 6.45) is 0. The number of nitriles is 2. The molecular weight excluding hydrogens is 376 g/mol. The third-order valence-corrected chi connectivity index (χ3v) is 5.65. The third-order valence-electron chi connectivity index (χ3n) is 5.65. The SMILES string of the molecule is Cc1cc(-c2ccc(C#N)cc2)c(C(C)(C)C)c(C(C)(C)C)c1-c1ccc(C#N)cc1. The summed E-state index contributed by atoms with van der Waals surface area (Å²) in [5.41, 5.74) is 9.78. The van der Waals surface area contributed by atoms with Crippen molar-refractivity contribution >= 4 is 0 Å². The highest BCUT2D eigenvalue weighted by molar-refractivity contribution is 5.82. The number of nitrogens with zero attached hydrogens (tertiary/aromatic N) is 2. The van der Waals surface area contributed by atoms with Crippen molar-refractivity contribution in [3.63, 3.8) is 0 Å². The van der Waals surface area contributed by atoms with Crippen molar-refractivity contribution < 1.29 is 0 Å². The van der Waals surface area contributed by atoms with E-state index in [4.69, 9.17) is 0 Å². The van der Waals surface area contributed by atoms with Gasteiger partial charge in [-0.15, -0.1) is 0 Å². The minimum absolute atomic E-state index is 0.0824. The van der Waals surface area contributed by atoms with Gasteiger partial charge >= 0.3 is 0 Å². The number of rotatable bonds is 2. The van der Waals surface area contributed by atoms with Crippen LogP contribution in [-0.2, 0) is 10.8 Å². The molecule has 3 aromatic rings. The first-order valence-electron chi connectivity index (χ1n) is 10.7.